The number of nitrogens with zero attached hydrogens (tertiary/aromatic N) is 3. The van der Waals surface area contributed by atoms with Crippen LogP contribution in [0.4, 0.5) is 13.6 Å². The maximum Gasteiger partial charge on any atom is 0.404 e. The number of rotatable bonds is 5. The number of imidazole rings is 1. The summed E-state index contributed by atoms with van der Waals surface area (Å²) >= 11 is 0. The Kier molecular flexibility index (Phi) is 6.15. The molecule has 3 atom stereocenters. The minimum absolute atomic E-state index is 0.0337. The van der Waals surface area contributed by atoms with E-state index in [1.165, 1.54) is 24.4 Å². The van der Waals surface area contributed by atoms with Crippen molar-refractivity contribution < 1.29 is 23.0 Å². The normalized spacial score (nSPS) is 26.9. The molecule has 5 rings (SSSR count). The van der Waals surface area contributed by atoms with Crippen LogP contribution < -0.4 is 5.73 Å². The molecule has 196 valence electrons. The topological polar surface area (TPSA) is 82.6 Å². The Labute approximate surface area is 210 Å². The van der Waals surface area contributed by atoms with E-state index in [0.717, 1.165) is 23.9 Å². The summed E-state index contributed by atoms with van der Waals surface area (Å²) in [5.74, 6) is 0.556. The minimum Gasteiger partial charge on any atom is -0.443 e. The lowest BCUT2D eigenvalue weighted by atomic mass is 9.66. The Morgan fingerprint density at radius 3 is 2.58 bits per heavy atom. The van der Waals surface area contributed by atoms with E-state index in [2.05, 4.69) is 23.3 Å². The van der Waals surface area contributed by atoms with E-state index in [-0.39, 0.29) is 18.2 Å². The number of benzene rings is 1. The Morgan fingerprint density at radius 1 is 1.25 bits per heavy atom. The lowest BCUT2D eigenvalue weighted by Crippen LogP contribution is -2.61. The van der Waals surface area contributed by atoms with Crippen LogP contribution in [0, 0.1) is 17.0 Å². The van der Waals surface area contributed by atoms with Gasteiger partial charge in [0.05, 0.1) is 18.0 Å². The van der Waals surface area contributed by atoms with Gasteiger partial charge >= 0.3 is 6.09 Å². The van der Waals surface area contributed by atoms with Crippen molar-refractivity contribution in [3.63, 3.8) is 0 Å². The fourth-order valence-electron chi connectivity index (χ4n) is 6.20. The summed E-state index contributed by atoms with van der Waals surface area (Å²) in [7, 11) is 0. The van der Waals surface area contributed by atoms with Crippen LogP contribution in [0.2, 0.25) is 0 Å². The summed E-state index contributed by atoms with van der Waals surface area (Å²) in [5, 5.41) is 0. The van der Waals surface area contributed by atoms with Gasteiger partial charge in [0.25, 0.3) is 0 Å². The third kappa shape index (κ3) is 4.10. The van der Waals surface area contributed by atoms with E-state index < -0.39 is 34.8 Å². The third-order valence-electron chi connectivity index (χ3n) is 7.95. The molecule has 1 amide bonds. The molecule has 2 aliphatic heterocycles. The number of carbonyl (C=O) groups excluding carboxylic acids is 1. The second kappa shape index (κ2) is 8.80. The number of fused-ring (bicyclic) bond motifs is 1. The molecule has 2 N–H and O–H groups in total. The Hall–Kier alpha value is -2.52. The lowest BCUT2D eigenvalue weighted by molar-refractivity contribution is -0.231. The van der Waals surface area contributed by atoms with Gasteiger partial charge in [0, 0.05) is 43.1 Å². The van der Waals surface area contributed by atoms with Crippen LogP contribution in [-0.4, -0.2) is 39.3 Å². The predicted molar refractivity (Wildman–Crippen MR) is 130 cm³/mol. The van der Waals surface area contributed by atoms with Crippen molar-refractivity contribution in [3.8, 4) is 0 Å². The molecule has 0 spiro atoms. The van der Waals surface area contributed by atoms with Gasteiger partial charge in [0.1, 0.15) is 29.2 Å². The van der Waals surface area contributed by atoms with Gasteiger partial charge in [-0.15, -0.1) is 0 Å². The first-order valence-corrected chi connectivity index (χ1v) is 12.8. The van der Waals surface area contributed by atoms with Gasteiger partial charge in [-0.05, 0) is 50.3 Å². The molecule has 1 aromatic carbocycles. The highest BCUT2D eigenvalue weighted by molar-refractivity contribution is 5.65. The molecule has 2 fully saturated rings. The van der Waals surface area contributed by atoms with Crippen molar-refractivity contribution in [3.05, 3.63) is 52.6 Å². The smallest absolute Gasteiger partial charge is 0.404 e. The molecule has 7 nitrogen and oxygen atoms in total. The SMILES string of the molecule is CC(C)n1c(C2CC2)nc2c1CN([C@H]1CO[C@@](c3cc(F)ccc3F)(C(C)(C)C)[C@@H](OC(N)=O)C1)C2. The highest BCUT2D eigenvalue weighted by Crippen LogP contribution is 2.52. The van der Waals surface area contributed by atoms with Crippen LogP contribution in [0.25, 0.3) is 0 Å². The number of hydrogen-bond acceptors (Lipinski definition) is 5. The molecule has 3 aliphatic rings. The van der Waals surface area contributed by atoms with Crippen molar-refractivity contribution in [1.82, 2.24) is 14.5 Å². The van der Waals surface area contributed by atoms with Crippen molar-refractivity contribution in [1.29, 1.82) is 0 Å². The summed E-state index contributed by atoms with van der Waals surface area (Å²) in [4.78, 5) is 19.3. The molecular formula is C27H36F2N4O3. The van der Waals surface area contributed by atoms with Gasteiger partial charge in [0.2, 0.25) is 0 Å². The second-order valence-corrected chi connectivity index (χ2v) is 11.7. The van der Waals surface area contributed by atoms with Gasteiger partial charge in [0.15, 0.2) is 0 Å². The van der Waals surface area contributed by atoms with Crippen LogP contribution in [0.5, 0.6) is 0 Å². The zero-order valence-corrected chi connectivity index (χ0v) is 21.7. The van der Waals surface area contributed by atoms with Crippen molar-refractivity contribution >= 4 is 6.09 Å². The number of ether oxygens (including phenoxy) is 2. The summed E-state index contributed by atoms with van der Waals surface area (Å²) in [5.41, 5.74) is 5.67. The summed E-state index contributed by atoms with van der Waals surface area (Å²) in [6, 6.07) is 3.49. The second-order valence-electron chi connectivity index (χ2n) is 11.7. The Balaban J connectivity index is 1.47. The first-order chi connectivity index (χ1) is 16.9. The van der Waals surface area contributed by atoms with Crippen LogP contribution in [-0.2, 0) is 28.2 Å². The van der Waals surface area contributed by atoms with Crippen LogP contribution in [0.15, 0.2) is 18.2 Å². The molecule has 9 heteroatoms. The van der Waals surface area contributed by atoms with Gasteiger partial charge in [-0.3, -0.25) is 4.90 Å². The molecule has 0 radical (unpaired) electrons. The van der Waals surface area contributed by atoms with E-state index in [4.69, 9.17) is 20.2 Å². The standard InChI is InChI=1S/C27H36F2N4O3/c1-15(2)33-22-13-32(12-21(22)31-24(33)16-6-7-16)18-11-23(36-25(30)34)27(35-14-18,26(3,4)5)19-10-17(28)8-9-20(19)29/h8-10,15-16,18,23H,6-7,11-14H2,1-5H3,(H2,30,34)/t18-,23+,27-/m1/s1. The Morgan fingerprint density at radius 2 is 1.97 bits per heavy atom. The first-order valence-electron chi connectivity index (χ1n) is 12.8. The molecule has 1 saturated carbocycles. The number of primary amides is 1. The highest BCUT2D eigenvalue weighted by Gasteiger charge is 2.58. The van der Waals surface area contributed by atoms with Crippen LogP contribution in [0.3, 0.4) is 0 Å². The number of carbonyl (C=O) groups is 1. The fraction of sp³-hybridized carbons (Fsp3) is 0.630. The van der Waals surface area contributed by atoms with Gasteiger partial charge in [-0.25, -0.2) is 18.6 Å². The van der Waals surface area contributed by atoms with E-state index >= 15 is 4.39 Å². The molecule has 2 aromatic rings. The van der Waals surface area contributed by atoms with Crippen molar-refractivity contribution in [2.75, 3.05) is 6.61 Å². The zero-order chi connectivity index (χ0) is 26.0. The molecule has 36 heavy (non-hydrogen) atoms. The van der Waals surface area contributed by atoms with Crippen molar-refractivity contribution in [2.45, 2.75) is 96.7 Å². The van der Waals surface area contributed by atoms with Crippen LogP contribution in [0.1, 0.15) is 88.6 Å². The molecule has 3 heterocycles. The number of aromatic nitrogens is 2. The highest BCUT2D eigenvalue weighted by atomic mass is 19.1. The van der Waals surface area contributed by atoms with Crippen LogP contribution >= 0.6 is 0 Å². The van der Waals surface area contributed by atoms with Gasteiger partial charge in [-0.1, -0.05) is 20.8 Å². The van der Waals surface area contributed by atoms with Crippen molar-refractivity contribution in [2.24, 2.45) is 11.1 Å². The monoisotopic (exact) mass is 502 g/mol. The number of hydrogen-bond donors (Lipinski definition) is 1. The van der Waals surface area contributed by atoms with E-state index in [1.54, 1.807) is 0 Å². The summed E-state index contributed by atoms with van der Waals surface area (Å²) in [6.45, 7) is 11.6. The molecule has 1 saturated heterocycles. The third-order valence-corrected chi connectivity index (χ3v) is 7.95. The van der Waals surface area contributed by atoms with E-state index in [1.807, 2.05) is 20.8 Å². The maximum absolute atomic E-state index is 15.2. The maximum atomic E-state index is 15.2. The predicted octanol–water partition coefficient (Wildman–Crippen LogP) is 5.13. The molecule has 1 aliphatic carbocycles. The number of halogens is 2. The largest absolute Gasteiger partial charge is 0.443 e. The average molecular weight is 503 g/mol. The Bertz CT molecular complexity index is 1170. The molecule has 1 aromatic heterocycles. The lowest BCUT2D eigenvalue weighted by Gasteiger charge is -2.53. The fourth-order valence-corrected chi connectivity index (χ4v) is 6.20. The first kappa shape index (κ1) is 25.1. The van der Waals surface area contributed by atoms with E-state index in [0.29, 0.717) is 31.5 Å². The minimum atomic E-state index is -1.41. The van der Waals surface area contributed by atoms with Gasteiger partial charge < -0.3 is 19.8 Å². The average Bonchev–Trinajstić information content (AvgIpc) is 3.44. The number of amides is 1. The molecule has 0 unspecified atom stereocenters. The number of nitrogens with two attached hydrogens (primary N) is 1. The zero-order valence-electron chi connectivity index (χ0n) is 21.7. The summed E-state index contributed by atoms with van der Waals surface area (Å²) in [6.07, 6.45) is 0.881. The molecular weight excluding hydrogens is 466 g/mol. The summed E-state index contributed by atoms with van der Waals surface area (Å²) < 4.78 is 44.0. The van der Waals surface area contributed by atoms with Gasteiger partial charge in [-0.2, -0.15) is 0 Å². The quantitative estimate of drug-likeness (QED) is 0.613. The molecule has 0 bridgehead atoms. The van der Waals surface area contributed by atoms with E-state index in [9.17, 15) is 9.18 Å².